The number of isocyanates is 2. The summed E-state index contributed by atoms with van der Waals surface area (Å²) in [5.74, 6) is -1.42. The van der Waals surface area contributed by atoms with Crippen LogP contribution in [0.3, 0.4) is 0 Å². The minimum absolute atomic E-state index is 0.0713. The first-order valence-corrected chi connectivity index (χ1v) is 4.72. The predicted molar refractivity (Wildman–Crippen MR) is 57.5 cm³/mol. The zero-order valence-corrected chi connectivity index (χ0v) is 9.01. The third-order valence-corrected chi connectivity index (χ3v) is 1.78. The van der Waals surface area contributed by atoms with Gasteiger partial charge in [-0.05, 0) is 6.42 Å². The van der Waals surface area contributed by atoms with Gasteiger partial charge in [0.2, 0.25) is 12.2 Å². The summed E-state index contributed by atoms with van der Waals surface area (Å²) in [5, 5.41) is 2.72. The largest absolute Gasteiger partial charge is 0.302 e. The minimum Gasteiger partial charge on any atom is -0.302 e. The van der Waals surface area contributed by atoms with E-state index in [0.717, 1.165) is 12.2 Å². The van der Waals surface area contributed by atoms with Crippen LogP contribution in [-0.4, -0.2) is 36.6 Å². The van der Waals surface area contributed by atoms with Crippen LogP contribution in [0.25, 0.3) is 0 Å². The van der Waals surface area contributed by atoms with Gasteiger partial charge in [0.15, 0.2) is 0 Å². The van der Waals surface area contributed by atoms with Crippen LogP contribution in [-0.2, 0) is 19.2 Å². The molecule has 0 rings (SSSR count). The maximum absolute atomic E-state index is 11.3. The van der Waals surface area contributed by atoms with E-state index in [4.69, 9.17) is 0 Å². The van der Waals surface area contributed by atoms with Crippen LogP contribution in [0.5, 0.6) is 0 Å². The van der Waals surface area contributed by atoms with Crippen molar-refractivity contribution in [2.75, 3.05) is 6.54 Å². The first kappa shape index (κ1) is 14.8. The molecule has 0 aromatic heterocycles. The number of rotatable bonds is 7. The van der Waals surface area contributed by atoms with Gasteiger partial charge in [-0.1, -0.05) is 6.08 Å². The van der Waals surface area contributed by atoms with Gasteiger partial charge in [-0.15, -0.1) is 16.6 Å². The first-order valence-electron chi connectivity index (χ1n) is 4.72. The molecule has 0 aliphatic carbocycles. The second kappa shape index (κ2) is 9.06. The number of carbonyl (C=O) groups is 2. The smallest absolute Gasteiger partial charge is 0.273 e. The number of amides is 2. The molecule has 7 nitrogen and oxygen atoms in total. The lowest BCUT2D eigenvalue weighted by atomic mass is 10.1. The molecular formula is C10H11N3O4. The van der Waals surface area contributed by atoms with Crippen molar-refractivity contribution in [3.05, 3.63) is 12.7 Å². The van der Waals surface area contributed by atoms with Crippen molar-refractivity contribution >= 4 is 24.0 Å². The minimum atomic E-state index is -0.805. The van der Waals surface area contributed by atoms with Crippen molar-refractivity contribution in [2.45, 2.75) is 18.9 Å². The molecule has 0 heterocycles. The number of nitrogens with one attached hydrogen (secondary N) is 1. The van der Waals surface area contributed by atoms with E-state index in [-0.39, 0.29) is 12.8 Å². The van der Waals surface area contributed by atoms with Crippen LogP contribution in [0.1, 0.15) is 12.8 Å². The average molecular weight is 237 g/mol. The van der Waals surface area contributed by atoms with Crippen LogP contribution in [0, 0.1) is 0 Å². The lowest BCUT2D eigenvalue weighted by Crippen LogP contribution is -2.36. The standard InChI is InChI=1S/C10H11N3O4/c1-2-5-11-8(10(17)13-7-15)3-4-9(16)12-6-14/h2,8,11H,1,3-5H2/t8-/m0/s1. The Labute approximate surface area is 97.3 Å². The highest BCUT2D eigenvalue weighted by Crippen LogP contribution is 2.01. The molecule has 0 radical (unpaired) electrons. The van der Waals surface area contributed by atoms with Gasteiger partial charge in [0.05, 0.1) is 6.04 Å². The second-order valence-electron chi connectivity index (χ2n) is 2.93. The van der Waals surface area contributed by atoms with E-state index in [1.165, 1.54) is 6.08 Å². The van der Waals surface area contributed by atoms with Crippen molar-refractivity contribution in [3.8, 4) is 0 Å². The predicted octanol–water partition coefficient (Wildman–Crippen LogP) is -0.364. The highest BCUT2D eigenvalue weighted by molar-refractivity contribution is 5.87. The van der Waals surface area contributed by atoms with Gasteiger partial charge >= 0.3 is 0 Å². The zero-order valence-electron chi connectivity index (χ0n) is 9.01. The summed E-state index contributed by atoms with van der Waals surface area (Å²) >= 11 is 0. The van der Waals surface area contributed by atoms with Crippen molar-refractivity contribution in [2.24, 2.45) is 9.98 Å². The molecule has 0 saturated heterocycles. The monoisotopic (exact) mass is 237 g/mol. The van der Waals surface area contributed by atoms with Gasteiger partial charge in [0.25, 0.3) is 11.8 Å². The summed E-state index contributed by atoms with van der Waals surface area (Å²) in [6.45, 7) is 3.76. The molecule has 17 heavy (non-hydrogen) atoms. The van der Waals surface area contributed by atoms with Crippen LogP contribution in [0.4, 0.5) is 0 Å². The molecular weight excluding hydrogens is 226 g/mol. The van der Waals surface area contributed by atoms with Gasteiger partial charge in [-0.25, -0.2) is 9.59 Å². The van der Waals surface area contributed by atoms with Gasteiger partial charge in [0, 0.05) is 13.0 Å². The molecule has 0 saturated carbocycles. The Morgan fingerprint density at radius 1 is 1.29 bits per heavy atom. The van der Waals surface area contributed by atoms with Crippen LogP contribution >= 0.6 is 0 Å². The van der Waals surface area contributed by atoms with Crippen molar-refractivity contribution in [1.82, 2.24) is 5.32 Å². The van der Waals surface area contributed by atoms with Crippen LogP contribution in [0.2, 0.25) is 0 Å². The van der Waals surface area contributed by atoms with Gasteiger partial charge in [0.1, 0.15) is 0 Å². The fourth-order valence-electron chi connectivity index (χ4n) is 1.04. The summed E-state index contributed by atoms with van der Waals surface area (Å²) in [6, 6.07) is -0.805. The van der Waals surface area contributed by atoms with E-state index in [1.807, 2.05) is 0 Å². The average Bonchev–Trinajstić information content (AvgIpc) is 2.29. The molecule has 90 valence electrons. The Balaban J connectivity index is 4.42. The van der Waals surface area contributed by atoms with Gasteiger partial charge in [-0.3, -0.25) is 9.59 Å². The number of carbonyl (C=O) groups excluding carboxylic acids is 4. The number of hydrogen-bond donors (Lipinski definition) is 1. The van der Waals surface area contributed by atoms with E-state index in [1.54, 1.807) is 0 Å². The molecule has 0 aliphatic rings. The molecule has 0 aliphatic heterocycles. The summed E-state index contributed by atoms with van der Waals surface area (Å²) < 4.78 is 0. The first-order chi connectivity index (χ1) is 8.15. The number of aliphatic imine (C=N–C) groups is 2. The molecule has 0 spiro atoms. The van der Waals surface area contributed by atoms with Crippen LogP contribution in [0.15, 0.2) is 22.6 Å². The highest BCUT2D eigenvalue weighted by atomic mass is 16.2. The lowest BCUT2D eigenvalue weighted by Gasteiger charge is -2.11. The topological polar surface area (TPSA) is 105 Å². The van der Waals surface area contributed by atoms with Gasteiger partial charge in [-0.2, -0.15) is 0 Å². The van der Waals surface area contributed by atoms with E-state index in [0.29, 0.717) is 6.54 Å². The van der Waals surface area contributed by atoms with Crippen molar-refractivity contribution in [3.63, 3.8) is 0 Å². The number of nitrogens with zero attached hydrogens (tertiary/aromatic N) is 2. The Morgan fingerprint density at radius 3 is 2.47 bits per heavy atom. The quantitative estimate of drug-likeness (QED) is 0.369. The Morgan fingerprint density at radius 2 is 1.94 bits per heavy atom. The summed E-state index contributed by atoms with van der Waals surface area (Å²) in [5.41, 5.74) is 0. The molecule has 0 bridgehead atoms. The molecule has 1 N–H and O–H groups in total. The van der Waals surface area contributed by atoms with Gasteiger partial charge < -0.3 is 5.32 Å². The van der Waals surface area contributed by atoms with E-state index in [9.17, 15) is 19.2 Å². The summed E-state index contributed by atoms with van der Waals surface area (Å²) in [6.07, 6.45) is 3.69. The number of hydrogen-bond acceptors (Lipinski definition) is 5. The second-order valence-corrected chi connectivity index (χ2v) is 2.93. The summed E-state index contributed by atoms with van der Waals surface area (Å²) in [7, 11) is 0. The maximum Gasteiger partial charge on any atom is 0.273 e. The van der Waals surface area contributed by atoms with Crippen molar-refractivity contribution < 1.29 is 19.2 Å². The lowest BCUT2D eigenvalue weighted by molar-refractivity contribution is -0.120. The third-order valence-electron chi connectivity index (χ3n) is 1.78. The SMILES string of the molecule is C=CCN[C@@H](CCC(=O)N=C=O)C(=O)N=C=O. The maximum atomic E-state index is 11.3. The molecule has 0 aromatic rings. The molecule has 2 amide bonds. The zero-order chi connectivity index (χ0) is 13.1. The van der Waals surface area contributed by atoms with Crippen LogP contribution < -0.4 is 5.32 Å². The van der Waals surface area contributed by atoms with E-state index in [2.05, 4.69) is 21.9 Å². The molecule has 0 aromatic carbocycles. The highest BCUT2D eigenvalue weighted by Gasteiger charge is 2.18. The molecule has 0 unspecified atom stereocenters. The molecule has 1 atom stereocenters. The van der Waals surface area contributed by atoms with E-state index < -0.39 is 17.9 Å². The summed E-state index contributed by atoms with van der Waals surface area (Å²) in [4.78, 5) is 47.7. The fourth-order valence-corrected chi connectivity index (χ4v) is 1.04. The normalized spacial score (nSPS) is 10.6. The van der Waals surface area contributed by atoms with Crippen molar-refractivity contribution in [1.29, 1.82) is 0 Å². The Hall–Kier alpha value is -2.20. The third kappa shape index (κ3) is 6.81. The fraction of sp³-hybridized carbons (Fsp3) is 0.400. The Kier molecular flexibility index (Phi) is 7.88. The molecule has 7 heteroatoms. The molecule has 0 fully saturated rings. The van der Waals surface area contributed by atoms with E-state index >= 15 is 0 Å². The Bertz CT molecular complexity index is 392.